The Bertz CT molecular complexity index is 780. The molecule has 2 aromatic carbocycles. The molecule has 1 atom stereocenters. The number of nitrogens with zero attached hydrogens (tertiary/aromatic N) is 1. The summed E-state index contributed by atoms with van der Waals surface area (Å²) in [5.74, 6) is 5.82. The van der Waals surface area contributed by atoms with E-state index in [0.717, 1.165) is 16.5 Å². The summed E-state index contributed by atoms with van der Waals surface area (Å²) in [5.41, 5.74) is 8.71. The number of aromatic nitrogens is 1. The van der Waals surface area contributed by atoms with Gasteiger partial charge in [-0.1, -0.05) is 36.4 Å². The summed E-state index contributed by atoms with van der Waals surface area (Å²) in [7, 11) is 0. The van der Waals surface area contributed by atoms with Crippen LogP contribution in [0.3, 0.4) is 0 Å². The number of pyridine rings is 1. The molecular formula is C18H19N3. The molecule has 21 heavy (non-hydrogen) atoms. The molecule has 3 aromatic rings. The number of hydrogen-bond acceptors (Lipinski definition) is 3. The third kappa shape index (κ3) is 2.53. The summed E-state index contributed by atoms with van der Waals surface area (Å²) in [6.45, 7) is 4.24. The van der Waals surface area contributed by atoms with Crippen molar-refractivity contribution in [3.05, 3.63) is 77.0 Å². The molecular weight excluding hydrogens is 258 g/mol. The second-order valence-electron chi connectivity index (χ2n) is 5.35. The van der Waals surface area contributed by atoms with E-state index < -0.39 is 0 Å². The zero-order chi connectivity index (χ0) is 14.8. The molecule has 0 bridgehead atoms. The van der Waals surface area contributed by atoms with Crippen LogP contribution in [0.1, 0.15) is 28.3 Å². The average molecular weight is 277 g/mol. The van der Waals surface area contributed by atoms with E-state index in [-0.39, 0.29) is 6.04 Å². The molecule has 0 aliphatic carbocycles. The first-order chi connectivity index (χ1) is 10.2. The Morgan fingerprint density at radius 1 is 1.05 bits per heavy atom. The molecule has 0 fully saturated rings. The number of rotatable bonds is 3. The summed E-state index contributed by atoms with van der Waals surface area (Å²) in [5, 5.41) is 1.13. The predicted octanol–water partition coefficient (Wildman–Crippen LogP) is 3.40. The lowest BCUT2D eigenvalue weighted by Crippen LogP contribution is -2.29. The number of fused-ring (bicyclic) bond motifs is 1. The van der Waals surface area contributed by atoms with Crippen LogP contribution in [0.15, 0.2) is 54.7 Å². The first-order valence-electron chi connectivity index (χ1n) is 7.07. The largest absolute Gasteiger partial charge is 0.271 e. The van der Waals surface area contributed by atoms with Gasteiger partial charge in [-0.3, -0.25) is 10.8 Å². The van der Waals surface area contributed by atoms with Crippen molar-refractivity contribution in [2.24, 2.45) is 5.84 Å². The van der Waals surface area contributed by atoms with Crippen molar-refractivity contribution in [3.8, 4) is 0 Å². The predicted molar refractivity (Wildman–Crippen MR) is 86.8 cm³/mol. The molecule has 3 N–H and O–H groups in total. The zero-order valence-electron chi connectivity index (χ0n) is 12.3. The smallest absolute Gasteiger partial charge is 0.0727 e. The molecule has 0 saturated carbocycles. The minimum atomic E-state index is -0.0537. The number of nitrogens with two attached hydrogens (primary N) is 1. The molecule has 1 unspecified atom stereocenters. The van der Waals surface area contributed by atoms with Gasteiger partial charge in [0.25, 0.3) is 0 Å². The average Bonchev–Trinajstić information content (AvgIpc) is 2.52. The van der Waals surface area contributed by atoms with E-state index in [1.54, 1.807) is 0 Å². The van der Waals surface area contributed by atoms with Crippen molar-refractivity contribution in [1.29, 1.82) is 0 Å². The highest BCUT2D eigenvalue weighted by atomic mass is 15.2. The van der Waals surface area contributed by atoms with E-state index in [4.69, 9.17) is 5.84 Å². The first-order valence-corrected chi connectivity index (χ1v) is 7.07. The van der Waals surface area contributed by atoms with Crippen molar-refractivity contribution < 1.29 is 0 Å². The Morgan fingerprint density at radius 3 is 2.67 bits per heavy atom. The molecule has 0 spiro atoms. The van der Waals surface area contributed by atoms with Crippen LogP contribution in [-0.4, -0.2) is 4.98 Å². The summed E-state index contributed by atoms with van der Waals surface area (Å²) < 4.78 is 0. The number of hydrazine groups is 1. The maximum atomic E-state index is 5.82. The van der Waals surface area contributed by atoms with Crippen LogP contribution in [0.5, 0.6) is 0 Å². The van der Waals surface area contributed by atoms with Crippen molar-refractivity contribution >= 4 is 10.9 Å². The van der Waals surface area contributed by atoms with Gasteiger partial charge in [-0.05, 0) is 48.2 Å². The number of benzene rings is 2. The zero-order valence-corrected chi connectivity index (χ0v) is 12.3. The molecule has 3 nitrogen and oxygen atoms in total. The highest BCUT2D eigenvalue weighted by Crippen LogP contribution is 2.27. The van der Waals surface area contributed by atoms with Crippen LogP contribution in [0.4, 0.5) is 0 Å². The summed E-state index contributed by atoms with van der Waals surface area (Å²) >= 11 is 0. The highest BCUT2D eigenvalue weighted by Gasteiger charge is 2.16. The van der Waals surface area contributed by atoms with Crippen LogP contribution in [0.2, 0.25) is 0 Å². The number of aryl methyl sites for hydroxylation is 1. The van der Waals surface area contributed by atoms with E-state index in [9.17, 15) is 0 Å². The highest BCUT2D eigenvalue weighted by molar-refractivity contribution is 5.79. The van der Waals surface area contributed by atoms with Gasteiger partial charge in [-0.2, -0.15) is 0 Å². The SMILES string of the molecule is Cc1cccc(C(NN)c2cnc3ccccc3c2)c1C. The lowest BCUT2D eigenvalue weighted by Gasteiger charge is -2.20. The van der Waals surface area contributed by atoms with Gasteiger partial charge in [0.1, 0.15) is 0 Å². The first kappa shape index (κ1) is 13.7. The summed E-state index contributed by atoms with van der Waals surface area (Å²) in [6, 6.07) is 16.5. The van der Waals surface area contributed by atoms with Crippen molar-refractivity contribution in [1.82, 2.24) is 10.4 Å². The molecule has 0 aliphatic heterocycles. The molecule has 1 heterocycles. The van der Waals surface area contributed by atoms with E-state index in [1.807, 2.05) is 24.4 Å². The molecule has 0 saturated heterocycles. The second kappa shape index (κ2) is 5.64. The second-order valence-corrected chi connectivity index (χ2v) is 5.35. The summed E-state index contributed by atoms with van der Waals surface area (Å²) in [4.78, 5) is 4.53. The lowest BCUT2D eigenvalue weighted by molar-refractivity contribution is 0.632. The van der Waals surface area contributed by atoms with Gasteiger partial charge in [-0.15, -0.1) is 0 Å². The molecule has 1 aromatic heterocycles. The van der Waals surface area contributed by atoms with Gasteiger partial charge < -0.3 is 0 Å². The number of para-hydroxylation sites is 1. The van der Waals surface area contributed by atoms with E-state index in [2.05, 4.69) is 54.6 Å². The quantitative estimate of drug-likeness (QED) is 0.570. The van der Waals surface area contributed by atoms with E-state index >= 15 is 0 Å². The normalized spacial score (nSPS) is 12.5. The Hall–Kier alpha value is -2.23. The fourth-order valence-electron chi connectivity index (χ4n) is 2.70. The van der Waals surface area contributed by atoms with Gasteiger partial charge in [-0.25, -0.2) is 5.43 Å². The molecule has 3 rings (SSSR count). The Balaban J connectivity index is 2.11. The Kier molecular flexibility index (Phi) is 3.69. The number of nitrogens with one attached hydrogen (secondary N) is 1. The van der Waals surface area contributed by atoms with Crippen LogP contribution in [0, 0.1) is 13.8 Å². The molecule has 3 heteroatoms. The van der Waals surface area contributed by atoms with Crippen LogP contribution in [-0.2, 0) is 0 Å². The molecule has 106 valence electrons. The van der Waals surface area contributed by atoms with Gasteiger partial charge in [0, 0.05) is 11.6 Å². The van der Waals surface area contributed by atoms with Crippen LogP contribution < -0.4 is 11.3 Å². The maximum absolute atomic E-state index is 5.82. The van der Waals surface area contributed by atoms with Gasteiger partial charge in [0.05, 0.1) is 11.6 Å². The minimum absolute atomic E-state index is 0.0537. The van der Waals surface area contributed by atoms with Crippen LogP contribution >= 0.6 is 0 Å². The number of hydrogen-bond donors (Lipinski definition) is 2. The lowest BCUT2D eigenvalue weighted by atomic mass is 9.93. The third-order valence-corrected chi connectivity index (χ3v) is 4.07. The fourth-order valence-corrected chi connectivity index (χ4v) is 2.70. The van der Waals surface area contributed by atoms with Crippen molar-refractivity contribution in [2.75, 3.05) is 0 Å². The Morgan fingerprint density at radius 2 is 1.86 bits per heavy atom. The molecule has 0 aliphatic rings. The third-order valence-electron chi connectivity index (χ3n) is 4.07. The molecule has 0 amide bonds. The van der Waals surface area contributed by atoms with Gasteiger partial charge in [0.2, 0.25) is 0 Å². The Labute approximate surface area is 124 Å². The maximum Gasteiger partial charge on any atom is 0.0727 e. The van der Waals surface area contributed by atoms with E-state index in [0.29, 0.717) is 0 Å². The topological polar surface area (TPSA) is 50.9 Å². The standard InChI is InChI=1S/C18H19N3/c1-12-6-5-8-16(13(12)2)18(21-19)15-10-14-7-3-4-9-17(14)20-11-15/h3-11,18,21H,19H2,1-2H3. The van der Waals surface area contributed by atoms with E-state index in [1.165, 1.54) is 16.7 Å². The summed E-state index contributed by atoms with van der Waals surface area (Å²) in [6.07, 6.45) is 1.90. The van der Waals surface area contributed by atoms with Crippen molar-refractivity contribution in [2.45, 2.75) is 19.9 Å². The monoisotopic (exact) mass is 277 g/mol. The van der Waals surface area contributed by atoms with Crippen LogP contribution in [0.25, 0.3) is 10.9 Å². The minimum Gasteiger partial charge on any atom is -0.271 e. The van der Waals surface area contributed by atoms with Crippen molar-refractivity contribution in [3.63, 3.8) is 0 Å². The molecule has 0 radical (unpaired) electrons. The van der Waals surface area contributed by atoms with Gasteiger partial charge in [0.15, 0.2) is 0 Å². The fraction of sp³-hybridized carbons (Fsp3) is 0.167. The van der Waals surface area contributed by atoms with Gasteiger partial charge >= 0.3 is 0 Å².